The van der Waals surface area contributed by atoms with E-state index >= 15 is 0 Å². The van der Waals surface area contributed by atoms with Crippen molar-refractivity contribution in [3.8, 4) is 6.07 Å². The predicted octanol–water partition coefficient (Wildman–Crippen LogP) is 1.92. The zero-order valence-electron chi connectivity index (χ0n) is 10.6. The Morgan fingerprint density at radius 2 is 2.29 bits per heavy atom. The summed E-state index contributed by atoms with van der Waals surface area (Å²) in [6, 6.07) is 2.24. The molecule has 0 aromatic carbocycles. The lowest BCUT2D eigenvalue weighted by molar-refractivity contribution is 0.0587. The van der Waals surface area contributed by atoms with E-state index in [1.807, 2.05) is 20.8 Å². The van der Waals surface area contributed by atoms with Gasteiger partial charge in [-0.15, -0.1) is 0 Å². The van der Waals surface area contributed by atoms with E-state index in [1.54, 1.807) is 4.57 Å². The molecule has 0 fully saturated rings. The maximum Gasteiger partial charge on any atom is 0.356 e. The van der Waals surface area contributed by atoms with Crippen LogP contribution in [0.2, 0.25) is 0 Å². The molecule has 92 valence electrons. The fourth-order valence-corrected chi connectivity index (χ4v) is 1.47. The van der Waals surface area contributed by atoms with Crippen molar-refractivity contribution in [2.45, 2.75) is 33.7 Å². The molecule has 1 aromatic rings. The van der Waals surface area contributed by atoms with Crippen LogP contribution in [0.4, 0.5) is 0 Å². The Kier molecular flexibility index (Phi) is 3.89. The first-order valence-corrected chi connectivity index (χ1v) is 5.43. The smallest absolute Gasteiger partial charge is 0.356 e. The number of rotatable bonds is 4. The summed E-state index contributed by atoms with van der Waals surface area (Å²) in [6.07, 6.45) is 2.16. The second kappa shape index (κ2) is 5.00. The molecule has 0 unspecified atom stereocenters. The van der Waals surface area contributed by atoms with E-state index in [0.717, 1.165) is 5.82 Å². The lowest BCUT2D eigenvalue weighted by atomic mass is 9.91. The van der Waals surface area contributed by atoms with E-state index in [1.165, 1.54) is 13.3 Å². The first kappa shape index (κ1) is 13.2. The minimum Gasteiger partial charge on any atom is -0.464 e. The number of carbonyl (C=O) groups excluding carboxylic acids is 1. The molecule has 0 amide bonds. The van der Waals surface area contributed by atoms with Gasteiger partial charge in [0.05, 0.1) is 24.8 Å². The second-order valence-corrected chi connectivity index (χ2v) is 4.58. The normalized spacial score (nSPS) is 11.0. The molecule has 0 aliphatic heterocycles. The van der Waals surface area contributed by atoms with Gasteiger partial charge in [-0.25, -0.2) is 9.78 Å². The molecule has 1 heterocycles. The Bertz CT molecular complexity index is 455. The summed E-state index contributed by atoms with van der Waals surface area (Å²) >= 11 is 0. The van der Waals surface area contributed by atoms with Crippen LogP contribution >= 0.6 is 0 Å². The van der Waals surface area contributed by atoms with Gasteiger partial charge >= 0.3 is 5.97 Å². The number of nitriles is 1. The molecular weight excluding hydrogens is 218 g/mol. The fourth-order valence-electron chi connectivity index (χ4n) is 1.47. The first-order valence-electron chi connectivity index (χ1n) is 5.43. The van der Waals surface area contributed by atoms with Crippen LogP contribution in [0.15, 0.2) is 6.20 Å². The number of hydrogen-bond donors (Lipinski definition) is 0. The van der Waals surface area contributed by atoms with E-state index in [2.05, 4.69) is 15.8 Å². The first-order chi connectivity index (χ1) is 7.91. The monoisotopic (exact) mass is 235 g/mol. The van der Waals surface area contributed by atoms with Gasteiger partial charge in [-0.05, 0) is 27.2 Å². The van der Waals surface area contributed by atoms with E-state index in [4.69, 9.17) is 5.26 Å². The molecule has 0 saturated heterocycles. The van der Waals surface area contributed by atoms with Crippen molar-refractivity contribution in [2.75, 3.05) is 7.11 Å². The summed E-state index contributed by atoms with van der Waals surface area (Å²) < 4.78 is 6.47. The third kappa shape index (κ3) is 3.06. The van der Waals surface area contributed by atoms with Gasteiger partial charge in [0.25, 0.3) is 0 Å². The highest BCUT2D eigenvalue weighted by atomic mass is 16.5. The number of imidazole rings is 1. The highest BCUT2D eigenvalue weighted by Gasteiger charge is 2.20. The van der Waals surface area contributed by atoms with Crippen molar-refractivity contribution in [3.63, 3.8) is 0 Å². The molecular formula is C12H17N3O2. The van der Waals surface area contributed by atoms with E-state index < -0.39 is 11.4 Å². The van der Waals surface area contributed by atoms with Gasteiger partial charge in [-0.1, -0.05) is 0 Å². The standard InChI is InChI=1S/C12H17N3O2/c1-9-14-7-10(11(16)17-4)15(9)6-5-12(2,3)8-13/h7H,5-6H2,1-4H3. The van der Waals surface area contributed by atoms with Gasteiger partial charge < -0.3 is 9.30 Å². The predicted molar refractivity (Wildman–Crippen MR) is 62.3 cm³/mol. The summed E-state index contributed by atoms with van der Waals surface area (Å²) in [5, 5.41) is 8.95. The zero-order valence-corrected chi connectivity index (χ0v) is 10.6. The molecule has 1 rings (SSSR count). The molecule has 17 heavy (non-hydrogen) atoms. The van der Waals surface area contributed by atoms with E-state index in [0.29, 0.717) is 18.7 Å². The number of nitrogens with zero attached hydrogens (tertiary/aromatic N) is 3. The zero-order chi connectivity index (χ0) is 13.1. The Hall–Kier alpha value is -1.83. The number of aromatic nitrogens is 2. The lowest BCUT2D eigenvalue weighted by Crippen LogP contribution is -2.17. The third-order valence-electron chi connectivity index (χ3n) is 2.71. The highest BCUT2D eigenvalue weighted by molar-refractivity contribution is 5.87. The molecule has 0 bridgehead atoms. The maximum atomic E-state index is 11.5. The maximum absolute atomic E-state index is 11.5. The van der Waals surface area contributed by atoms with Crippen molar-refractivity contribution in [3.05, 3.63) is 17.7 Å². The van der Waals surface area contributed by atoms with Crippen molar-refractivity contribution in [2.24, 2.45) is 5.41 Å². The molecule has 5 nitrogen and oxygen atoms in total. The number of ether oxygens (including phenoxy) is 1. The summed E-state index contributed by atoms with van der Waals surface area (Å²) in [5.74, 6) is 0.347. The molecule has 0 atom stereocenters. The van der Waals surface area contributed by atoms with Crippen LogP contribution < -0.4 is 0 Å². The average molecular weight is 235 g/mol. The van der Waals surface area contributed by atoms with Gasteiger partial charge in [-0.3, -0.25) is 0 Å². The fraction of sp³-hybridized carbons (Fsp3) is 0.583. The van der Waals surface area contributed by atoms with Crippen molar-refractivity contribution < 1.29 is 9.53 Å². The number of esters is 1. The molecule has 0 radical (unpaired) electrons. The average Bonchev–Trinajstić information content (AvgIpc) is 2.67. The van der Waals surface area contributed by atoms with Crippen LogP contribution in [0.5, 0.6) is 0 Å². The van der Waals surface area contributed by atoms with E-state index in [9.17, 15) is 4.79 Å². The minimum absolute atomic E-state index is 0.402. The number of aryl methyl sites for hydroxylation is 1. The quantitative estimate of drug-likeness (QED) is 0.748. The Morgan fingerprint density at radius 1 is 1.65 bits per heavy atom. The van der Waals surface area contributed by atoms with Crippen LogP contribution in [-0.2, 0) is 11.3 Å². The molecule has 0 aliphatic carbocycles. The van der Waals surface area contributed by atoms with Gasteiger partial charge in [0, 0.05) is 6.54 Å². The van der Waals surface area contributed by atoms with Crippen molar-refractivity contribution >= 4 is 5.97 Å². The third-order valence-corrected chi connectivity index (χ3v) is 2.71. The van der Waals surface area contributed by atoms with Gasteiger partial charge in [-0.2, -0.15) is 5.26 Å². The molecule has 0 N–H and O–H groups in total. The summed E-state index contributed by atoms with van der Waals surface area (Å²) in [6.45, 7) is 6.15. The van der Waals surface area contributed by atoms with Crippen LogP contribution in [0, 0.1) is 23.7 Å². The van der Waals surface area contributed by atoms with Gasteiger partial charge in [0.15, 0.2) is 0 Å². The van der Waals surface area contributed by atoms with E-state index in [-0.39, 0.29) is 0 Å². The minimum atomic E-state index is -0.413. The Morgan fingerprint density at radius 3 is 2.82 bits per heavy atom. The molecule has 1 aromatic heterocycles. The molecule has 0 aliphatic rings. The van der Waals surface area contributed by atoms with Crippen LogP contribution in [-0.4, -0.2) is 22.6 Å². The molecule has 0 saturated carbocycles. The second-order valence-electron chi connectivity index (χ2n) is 4.58. The van der Waals surface area contributed by atoms with Crippen LogP contribution in [0.1, 0.15) is 36.6 Å². The topological polar surface area (TPSA) is 67.9 Å². The Labute approximate surface area is 101 Å². The number of methoxy groups -OCH3 is 1. The van der Waals surface area contributed by atoms with Crippen molar-refractivity contribution in [1.29, 1.82) is 5.26 Å². The van der Waals surface area contributed by atoms with Crippen LogP contribution in [0.25, 0.3) is 0 Å². The highest BCUT2D eigenvalue weighted by Crippen LogP contribution is 2.20. The molecule has 0 spiro atoms. The van der Waals surface area contributed by atoms with Gasteiger partial charge in [0.2, 0.25) is 0 Å². The number of hydrogen-bond acceptors (Lipinski definition) is 4. The van der Waals surface area contributed by atoms with Gasteiger partial charge in [0.1, 0.15) is 11.5 Å². The Balaban J connectivity index is 2.88. The lowest BCUT2D eigenvalue weighted by Gasteiger charge is -2.16. The largest absolute Gasteiger partial charge is 0.464 e. The van der Waals surface area contributed by atoms with Crippen LogP contribution in [0.3, 0.4) is 0 Å². The summed E-state index contributed by atoms with van der Waals surface area (Å²) in [7, 11) is 1.34. The SMILES string of the molecule is COC(=O)c1cnc(C)n1CCC(C)(C)C#N. The van der Waals surface area contributed by atoms with Crippen molar-refractivity contribution in [1.82, 2.24) is 9.55 Å². The number of carbonyl (C=O) groups is 1. The summed E-state index contributed by atoms with van der Waals surface area (Å²) in [5.41, 5.74) is 0.0168. The molecule has 5 heteroatoms. The summed E-state index contributed by atoms with van der Waals surface area (Å²) in [4.78, 5) is 15.6.